The molecule has 0 heterocycles. The van der Waals surface area contributed by atoms with E-state index in [-0.39, 0.29) is 0 Å². The van der Waals surface area contributed by atoms with E-state index in [0.29, 0.717) is 6.61 Å². The van der Waals surface area contributed by atoms with E-state index in [1.54, 1.807) is 6.92 Å². The third kappa shape index (κ3) is 5.72. The maximum Gasteiger partial charge on any atom is 0.337 e. The summed E-state index contributed by atoms with van der Waals surface area (Å²) in [5.41, 5.74) is 1.92. The second-order valence-corrected chi connectivity index (χ2v) is 1.15. The van der Waals surface area contributed by atoms with Crippen molar-refractivity contribution in [2.75, 3.05) is 6.61 Å². The average Bonchev–Trinajstić information content (AvgIpc) is 1.61. The monoisotopic (exact) mass is 123 g/mol. The molecule has 0 aliphatic heterocycles. The number of carbonyl (C=O) groups is 1. The van der Waals surface area contributed by atoms with Crippen LogP contribution in [0, 0.1) is 0 Å². The molecule has 1 N–H and O–H groups in total. The van der Waals surface area contributed by atoms with E-state index >= 15 is 0 Å². The van der Waals surface area contributed by atoms with E-state index in [0.717, 1.165) is 0 Å². The van der Waals surface area contributed by atoms with Crippen LogP contribution in [-0.4, -0.2) is 12.0 Å². The van der Waals surface area contributed by atoms with Crippen LogP contribution in [0.15, 0.2) is 0 Å². The maximum absolute atomic E-state index is 9.73. The molecule has 7 heavy (non-hydrogen) atoms. The number of hydrogen-bond donors (Lipinski definition) is 1. The Morgan fingerprint density at radius 3 is 2.71 bits per heavy atom. The van der Waals surface area contributed by atoms with E-state index < -0.39 is 5.37 Å². The van der Waals surface area contributed by atoms with Gasteiger partial charge in [-0.25, -0.2) is 5.48 Å². The van der Waals surface area contributed by atoms with Gasteiger partial charge < -0.3 is 0 Å². The second-order valence-electron chi connectivity index (χ2n) is 0.809. The highest BCUT2D eigenvalue weighted by Gasteiger charge is 1.86. The standard InChI is InChI=1S/C3H6ClNO2/c1-2-7-5-3(4)6/h2H2,1H3,(H,5,6). The maximum atomic E-state index is 9.73. The normalized spacial score (nSPS) is 8.29. The first-order chi connectivity index (χ1) is 3.27. The molecule has 42 valence electrons. The fourth-order valence-corrected chi connectivity index (χ4v) is 0.183. The molecule has 0 aliphatic carbocycles. The van der Waals surface area contributed by atoms with Crippen LogP contribution >= 0.6 is 11.6 Å². The zero-order chi connectivity index (χ0) is 5.70. The molecular formula is C3H6ClNO2. The van der Waals surface area contributed by atoms with Crippen LogP contribution in [0.1, 0.15) is 6.92 Å². The molecule has 0 radical (unpaired) electrons. The van der Waals surface area contributed by atoms with Gasteiger partial charge in [0.2, 0.25) is 0 Å². The van der Waals surface area contributed by atoms with Crippen LogP contribution in [0.2, 0.25) is 0 Å². The predicted molar refractivity (Wildman–Crippen MR) is 26.0 cm³/mol. The number of hydroxylamine groups is 1. The van der Waals surface area contributed by atoms with Gasteiger partial charge in [0.25, 0.3) is 0 Å². The lowest BCUT2D eigenvalue weighted by molar-refractivity contribution is 0.0798. The molecule has 3 nitrogen and oxygen atoms in total. The fourth-order valence-electron chi connectivity index (χ4n) is 0.129. The lowest BCUT2D eigenvalue weighted by Crippen LogP contribution is -2.16. The molecule has 1 amide bonds. The summed E-state index contributed by atoms with van der Waals surface area (Å²) in [4.78, 5) is 14.1. The molecule has 0 atom stereocenters. The van der Waals surface area contributed by atoms with Crippen molar-refractivity contribution in [3.8, 4) is 0 Å². The van der Waals surface area contributed by atoms with Gasteiger partial charge in [-0.3, -0.25) is 9.63 Å². The average molecular weight is 124 g/mol. The summed E-state index contributed by atoms with van der Waals surface area (Å²) in [5, 5.41) is -0.693. The van der Waals surface area contributed by atoms with E-state index in [1.807, 2.05) is 5.48 Å². The van der Waals surface area contributed by atoms with Crippen molar-refractivity contribution in [3.63, 3.8) is 0 Å². The molecule has 0 aliphatic rings. The van der Waals surface area contributed by atoms with Crippen LogP contribution in [0.4, 0.5) is 4.79 Å². The van der Waals surface area contributed by atoms with Crippen LogP contribution < -0.4 is 5.48 Å². The van der Waals surface area contributed by atoms with E-state index in [2.05, 4.69) is 4.84 Å². The molecule has 0 unspecified atom stereocenters. The van der Waals surface area contributed by atoms with E-state index in [4.69, 9.17) is 11.6 Å². The Morgan fingerprint density at radius 1 is 2.00 bits per heavy atom. The van der Waals surface area contributed by atoms with Crippen LogP contribution in [0.5, 0.6) is 0 Å². The summed E-state index contributed by atoms with van der Waals surface area (Å²) >= 11 is 4.78. The Morgan fingerprint density at radius 2 is 2.57 bits per heavy atom. The van der Waals surface area contributed by atoms with Crippen molar-refractivity contribution < 1.29 is 9.63 Å². The zero-order valence-electron chi connectivity index (χ0n) is 3.90. The van der Waals surface area contributed by atoms with Crippen molar-refractivity contribution >= 4 is 17.0 Å². The number of nitrogens with one attached hydrogen (secondary N) is 1. The minimum Gasteiger partial charge on any atom is -0.273 e. The van der Waals surface area contributed by atoms with Crippen molar-refractivity contribution in [1.82, 2.24) is 5.48 Å². The number of halogens is 1. The van der Waals surface area contributed by atoms with E-state index in [1.165, 1.54) is 0 Å². The third-order valence-electron chi connectivity index (χ3n) is 0.297. The van der Waals surface area contributed by atoms with E-state index in [9.17, 15) is 4.79 Å². The number of carbonyl (C=O) groups excluding carboxylic acids is 1. The van der Waals surface area contributed by atoms with Gasteiger partial charge >= 0.3 is 5.37 Å². The Labute approximate surface area is 46.6 Å². The summed E-state index contributed by atoms with van der Waals surface area (Å²) in [5.74, 6) is 0. The molecule has 4 heteroatoms. The molecule has 0 aromatic carbocycles. The van der Waals surface area contributed by atoms with Crippen LogP contribution in [0.3, 0.4) is 0 Å². The molecule has 0 saturated heterocycles. The Bertz CT molecular complexity index is 66.0. The van der Waals surface area contributed by atoms with Crippen molar-refractivity contribution in [1.29, 1.82) is 0 Å². The topological polar surface area (TPSA) is 38.3 Å². The first-order valence-corrected chi connectivity index (χ1v) is 2.22. The number of amides is 1. The smallest absolute Gasteiger partial charge is 0.273 e. The molecule has 0 spiro atoms. The highest BCUT2D eigenvalue weighted by atomic mass is 35.5. The number of hydrogen-bond acceptors (Lipinski definition) is 2. The summed E-state index contributed by atoms with van der Waals surface area (Å²) in [6, 6.07) is 0. The minimum absolute atomic E-state index is 0.429. The third-order valence-corrected chi connectivity index (χ3v) is 0.374. The number of rotatable bonds is 2. The quantitative estimate of drug-likeness (QED) is 0.336. The Balaban J connectivity index is 2.82. The van der Waals surface area contributed by atoms with Gasteiger partial charge in [-0.15, -0.1) is 0 Å². The second kappa shape index (κ2) is 3.89. The largest absolute Gasteiger partial charge is 0.337 e. The molecule has 0 aromatic heterocycles. The predicted octanol–water partition coefficient (Wildman–Crippen LogP) is 0.886. The minimum atomic E-state index is -0.693. The summed E-state index contributed by atoms with van der Waals surface area (Å²) in [6.07, 6.45) is 0. The molecular weight excluding hydrogens is 117 g/mol. The SMILES string of the molecule is CCONC(=O)Cl. The van der Waals surface area contributed by atoms with Gasteiger partial charge in [0.1, 0.15) is 0 Å². The van der Waals surface area contributed by atoms with Crippen molar-refractivity contribution in [2.45, 2.75) is 6.92 Å². The Hall–Kier alpha value is -0.280. The van der Waals surface area contributed by atoms with Gasteiger partial charge in [-0.2, -0.15) is 0 Å². The van der Waals surface area contributed by atoms with Gasteiger partial charge in [0, 0.05) is 0 Å². The first kappa shape index (κ1) is 6.72. The molecule has 0 fully saturated rings. The molecule has 0 aromatic rings. The molecule has 0 rings (SSSR count). The Kier molecular flexibility index (Phi) is 3.74. The van der Waals surface area contributed by atoms with Gasteiger partial charge in [0.15, 0.2) is 0 Å². The summed E-state index contributed by atoms with van der Waals surface area (Å²) in [6.45, 7) is 2.17. The molecule has 0 bridgehead atoms. The van der Waals surface area contributed by atoms with Gasteiger partial charge in [-0.05, 0) is 18.5 Å². The van der Waals surface area contributed by atoms with Crippen LogP contribution in [0.25, 0.3) is 0 Å². The fraction of sp³-hybridized carbons (Fsp3) is 0.667. The first-order valence-electron chi connectivity index (χ1n) is 1.84. The van der Waals surface area contributed by atoms with Crippen molar-refractivity contribution in [3.05, 3.63) is 0 Å². The zero-order valence-corrected chi connectivity index (χ0v) is 4.66. The van der Waals surface area contributed by atoms with Gasteiger partial charge in [0.05, 0.1) is 6.61 Å². The lowest BCUT2D eigenvalue weighted by Gasteiger charge is -1.93. The summed E-state index contributed by atoms with van der Waals surface area (Å²) < 4.78 is 0. The van der Waals surface area contributed by atoms with Crippen molar-refractivity contribution in [2.24, 2.45) is 0 Å². The summed E-state index contributed by atoms with van der Waals surface area (Å²) in [7, 11) is 0. The lowest BCUT2D eigenvalue weighted by atomic mass is 10.9. The van der Waals surface area contributed by atoms with Crippen LogP contribution in [-0.2, 0) is 4.84 Å². The van der Waals surface area contributed by atoms with Gasteiger partial charge in [-0.1, -0.05) is 0 Å². The molecule has 0 saturated carbocycles. The highest BCUT2D eigenvalue weighted by molar-refractivity contribution is 6.62. The highest BCUT2D eigenvalue weighted by Crippen LogP contribution is 1.74.